The first kappa shape index (κ1) is 20.1. The van der Waals surface area contributed by atoms with E-state index in [1.165, 1.54) is 6.07 Å². The van der Waals surface area contributed by atoms with Gasteiger partial charge in [0.15, 0.2) is 0 Å². The number of amides is 1. The smallest absolute Gasteiger partial charge is 0.252 e. The van der Waals surface area contributed by atoms with Gasteiger partial charge in [-0.05, 0) is 24.3 Å². The fraction of sp³-hybridized carbons (Fsp3) is 0.0870. The van der Waals surface area contributed by atoms with Gasteiger partial charge in [-0.15, -0.1) is 0 Å². The summed E-state index contributed by atoms with van der Waals surface area (Å²) in [6.45, 7) is 4.00. The molecule has 156 valence electrons. The summed E-state index contributed by atoms with van der Waals surface area (Å²) in [7, 11) is 0. The number of rotatable bonds is 7. The maximum absolute atomic E-state index is 13.9. The molecule has 0 aliphatic heterocycles. The van der Waals surface area contributed by atoms with Crippen LogP contribution in [0.2, 0.25) is 0 Å². The molecule has 0 saturated heterocycles. The van der Waals surface area contributed by atoms with Gasteiger partial charge in [-0.1, -0.05) is 36.9 Å². The Morgan fingerprint density at radius 2 is 2.06 bits per heavy atom. The molecule has 0 spiro atoms. The molecule has 0 fully saturated rings. The standard InChI is InChI=1S/C23H20FN5O2/c1-2-12-31-19-14-29(20-10-11-26-23(25)28-20)18-9-5-7-16(21(18)19)22(30)27-13-15-6-3-4-8-17(15)24/h2-11,14H,1,12-13H2,(H,27,30)(H2,25,26,28). The van der Waals surface area contributed by atoms with E-state index in [1.54, 1.807) is 59.4 Å². The molecule has 0 unspecified atom stereocenters. The number of aromatic nitrogens is 3. The van der Waals surface area contributed by atoms with Crippen molar-refractivity contribution in [2.75, 3.05) is 12.3 Å². The Morgan fingerprint density at radius 3 is 2.84 bits per heavy atom. The molecule has 3 N–H and O–H groups in total. The van der Waals surface area contributed by atoms with Crippen LogP contribution in [0.1, 0.15) is 15.9 Å². The predicted molar refractivity (Wildman–Crippen MR) is 117 cm³/mol. The summed E-state index contributed by atoms with van der Waals surface area (Å²) in [5.41, 5.74) is 7.24. The summed E-state index contributed by atoms with van der Waals surface area (Å²) in [6.07, 6.45) is 4.91. The number of carbonyl (C=O) groups is 1. The average Bonchev–Trinajstić information content (AvgIpc) is 3.16. The summed E-state index contributed by atoms with van der Waals surface area (Å²) in [5.74, 6) is 0.436. The Balaban J connectivity index is 1.75. The van der Waals surface area contributed by atoms with E-state index in [-0.39, 0.29) is 30.8 Å². The topological polar surface area (TPSA) is 95.1 Å². The molecule has 1 amide bonds. The van der Waals surface area contributed by atoms with Gasteiger partial charge in [0.1, 0.15) is 24.0 Å². The van der Waals surface area contributed by atoms with E-state index in [9.17, 15) is 9.18 Å². The molecule has 0 bridgehead atoms. The summed E-state index contributed by atoms with van der Waals surface area (Å²) in [6, 6.07) is 13.3. The van der Waals surface area contributed by atoms with Crippen LogP contribution in [0.25, 0.3) is 16.7 Å². The highest BCUT2D eigenvalue weighted by atomic mass is 19.1. The zero-order valence-electron chi connectivity index (χ0n) is 16.6. The number of nitrogens with one attached hydrogen (secondary N) is 1. The van der Waals surface area contributed by atoms with E-state index in [0.29, 0.717) is 33.6 Å². The van der Waals surface area contributed by atoms with Crippen molar-refractivity contribution in [2.45, 2.75) is 6.54 Å². The number of hydrogen-bond acceptors (Lipinski definition) is 5. The molecule has 0 aliphatic rings. The van der Waals surface area contributed by atoms with Crippen molar-refractivity contribution in [1.82, 2.24) is 19.9 Å². The van der Waals surface area contributed by atoms with Crippen LogP contribution in [0.3, 0.4) is 0 Å². The van der Waals surface area contributed by atoms with E-state index >= 15 is 0 Å². The quantitative estimate of drug-likeness (QED) is 0.448. The van der Waals surface area contributed by atoms with Crippen LogP contribution in [-0.2, 0) is 6.54 Å². The van der Waals surface area contributed by atoms with Gasteiger partial charge in [-0.3, -0.25) is 9.36 Å². The Labute approximate surface area is 178 Å². The highest BCUT2D eigenvalue weighted by Crippen LogP contribution is 2.33. The first-order chi connectivity index (χ1) is 15.1. The van der Waals surface area contributed by atoms with Crippen LogP contribution >= 0.6 is 0 Å². The monoisotopic (exact) mass is 417 g/mol. The molecule has 0 saturated carbocycles. The first-order valence-electron chi connectivity index (χ1n) is 9.56. The number of anilines is 1. The van der Waals surface area contributed by atoms with Gasteiger partial charge in [0.05, 0.1) is 22.7 Å². The summed E-state index contributed by atoms with van der Waals surface area (Å²) >= 11 is 0. The minimum absolute atomic E-state index is 0.0634. The highest BCUT2D eigenvalue weighted by Gasteiger charge is 2.19. The molecular weight excluding hydrogens is 397 g/mol. The van der Waals surface area contributed by atoms with Gasteiger partial charge in [0.2, 0.25) is 5.95 Å². The number of nitrogens with zero attached hydrogens (tertiary/aromatic N) is 3. The Kier molecular flexibility index (Phi) is 5.61. The lowest BCUT2D eigenvalue weighted by Crippen LogP contribution is -2.23. The van der Waals surface area contributed by atoms with Crippen molar-refractivity contribution in [2.24, 2.45) is 0 Å². The number of benzene rings is 2. The molecule has 2 aromatic carbocycles. The highest BCUT2D eigenvalue weighted by molar-refractivity contribution is 6.09. The maximum Gasteiger partial charge on any atom is 0.252 e. The minimum Gasteiger partial charge on any atom is -0.487 e. The number of nitrogen functional groups attached to an aromatic ring is 1. The number of hydrogen-bond donors (Lipinski definition) is 2. The summed E-state index contributed by atoms with van der Waals surface area (Å²) in [4.78, 5) is 21.2. The van der Waals surface area contributed by atoms with Crippen molar-refractivity contribution in [3.8, 4) is 11.6 Å². The molecule has 8 heteroatoms. The van der Waals surface area contributed by atoms with E-state index in [4.69, 9.17) is 10.5 Å². The fourth-order valence-corrected chi connectivity index (χ4v) is 3.30. The Bertz CT molecular complexity index is 1270. The van der Waals surface area contributed by atoms with Gasteiger partial charge < -0.3 is 15.8 Å². The van der Waals surface area contributed by atoms with Crippen LogP contribution < -0.4 is 15.8 Å². The molecule has 2 aromatic heterocycles. The SMILES string of the molecule is C=CCOc1cn(-c2ccnc(N)n2)c2cccc(C(=O)NCc3ccccc3F)c12. The molecule has 0 aliphatic carbocycles. The molecule has 7 nitrogen and oxygen atoms in total. The van der Waals surface area contributed by atoms with Crippen molar-refractivity contribution in [3.05, 3.63) is 90.5 Å². The second kappa shape index (κ2) is 8.66. The van der Waals surface area contributed by atoms with Gasteiger partial charge in [-0.2, -0.15) is 4.98 Å². The van der Waals surface area contributed by atoms with Gasteiger partial charge >= 0.3 is 0 Å². The van der Waals surface area contributed by atoms with E-state index < -0.39 is 0 Å². The zero-order chi connectivity index (χ0) is 21.8. The van der Waals surface area contributed by atoms with Gasteiger partial charge in [0, 0.05) is 18.3 Å². The molecule has 2 heterocycles. The Hall–Kier alpha value is -4.20. The second-order valence-electron chi connectivity index (χ2n) is 6.71. The zero-order valence-corrected chi connectivity index (χ0v) is 16.6. The maximum atomic E-state index is 13.9. The Morgan fingerprint density at radius 1 is 1.23 bits per heavy atom. The number of halogens is 1. The van der Waals surface area contributed by atoms with Crippen LogP contribution in [-0.4, -0.2) is 27.0 Å². The first-order valence-corrected chi connectivity index (χ1v) is 9.56. The second-order valence-corrected chi connectivity index (χ2v) is 6.71. The van der Waals surface area contributed by atoms with E-state index in [2.05, 4.69) is 21.9 Å². The third-order valence-electron chi connectivity index (χ3n) is 4.70. The van der Waals surface area contributed by atoms with E-state index in [1.807, 2.05) is 6.07 Å². The largest absolute Gasteiger partial charge is 0.487 e. The van der Waals surface area contributed by atoms with Crippen molar-refractivity contribution in [3.63, 3.8) is 0 Å². The number of nitrogens with two attached hydrogens (primary N) is 1. The van der Waals surface area contributed by atoms with Gasteiger partial charge in [-0.25, -0.2) is 9.37 Å². The van der Waals surface area contributed by atoms with Crippen molar-refractivity contribution >= 4 is 22.8 Å². The van der Waals surface area contributed by atoms with Gasteiger partial charge in [0.25, 0.3) is 5.91 Å². The predicted octanol–water partition coefficient (Wildman–Crippen LogP) is 3.64. The average molecular weight is 417 g/mol. The molecule has 31 heavy (non-hydrogen) atoms. The lowest BCUT2D eigenvalue weighted by molar-refractivity contribution is 0.0952. The summed E-state index contributed by atoms with van der Waals surface area (Å²) in [5, 5.41) is 3.38. The number of ether oxygens (including phenoxy) is 1. The molecule has 0 atom stereocenters. The molecule has 0 radical (unpaired) electrons. The van der Waals surface area contributed by atoms with Crippen molar-refractivity contribution in [1.29, 1.82) is 0 Å². The minimum atomic E-state index is -0.372. The van der Waals surface area contributed by atoms with Crippen LogP contribution in [0.4, 0.5) is 10.3 Å². The summed E-state index contributed by atoms with van der Waals surface area (Å²) < 4.78 is 21.5. The number of fused-ring (bicyclic) bond motifs is 1. The molecule has 4 aromatic rings. The van der Waals surface area contributed by atoms with Crippen LogP contribution in [0, 0.1) is 5.82 Å². The molecular formula is C23H20FN5O2. The third kappa shape index (κ3) is 4.09. The van der Waals surface area contributed by atoms with E-state index in [0.717, 1.165) is 0 Å². The third-order valence-corrected chi connectivity index (χ3v) is 4.70. The normalized spacial score (nSPS) is 10.7. The number of carbonyl (C=O) groups excluding carboxylic acids is 1. The lowest BCUT2D eigenvalue weighted by atomic mass is 10.1. The lowest BCUT2D eigenvalue weighted by Gasteiger charge is -2.09. The van der Waals surface area contributed by atoms with Crippen LogP contribution in [0.15, 0.2) is 73.6 Å². The molecule has 4 rings (SSSR count). The fourth-order valence-electron chi connectivity index (χ4n) is 3.30. The van der Waals surface area contributed by atoms with Crippen molar-refractivity contribution < 1.29 is 13.9 Å². The van der Waals surface area contributed by atoms with Crippen LogP contribution in [0.5, 0.6) is 5.75 Å².